The van der Waals surface area contributed by atoms with E-state index in [1.807, 2.05) is 24.3 Å². The fourth-order valence-corrected chi connectivity index (χ4v) is 6.80. The highest BCUT2D eigenvalue weighted by Gasteiger charge is 2.61. The number of hydrogen-bond donors (Lipinski definition) is 2. The molecule has 2 unspecified atom stereocenters. The average molecular weight is 572 g/mol. The molecule has 0 saturated heterocycles. The monoisotopic (exact) mass is 571 g/mol. The molecule has 37 heavy (non-hydrogen) atoms. The summed E-state index contributed by atoms with van der Waals surface area (Å²) in [7, 11) is -3.24. The number of halogens is 1. The third-order valence-corrected chi connectivity index (χ3v) is 9.68. The molecule has 2 heterocycles. The van der Waals surface area contributed by atoms with Crippen LogP contribution in [0.2, 0.25) is 5.02 Å². The molecule has 0 spiro atoms. The van der Waals surface area contributed by atoms with Crippen LogP contribution in [0.4, 0.5) is 0 Å². The number of benzene rings is 1. The minimum Gasteiger partial charge on any atom is -0.468 e. The summed E-state index contributed by atoms with van der Waals surface area (Å²) in [5.41, 5.74) is 2.42. The molecular formula is C26H34ClNO7S2. The molecule has 11 heteroatoms. The van der Waals surface area contributed by atoms with Crippen LogP contribution in [0, 0.1) is 16.7 Å². The number of hydrogen-bond acceptors (Lipinski definition) is 7. The molecule has 2 fully saturated rings. The molecular weight excluding hydrogens is 538 g/mol. The predicted octanol–water partition coefficient (Wildman–Crippen LogP) is 5.42. The Bertz CT molecular complexity index is 1240. The number of carbonyl (C=O) groups is 2. The smallest absolute Gasteiger partial charge is 0.394 e. The normalized spacial score (nSPS) is 24.7. The van der Waals surface area contributed by atoms with Gasteiger partial charge >= 0.3 is 16.4 Å². The van der Waals surface area contributed by atoms with Gasteiger partial charge < -0.3 is 4.74 Å². The lowest BCUT2D eigenvalue weighted by molar-refractivity contribution is -0.147. The lowest BCUT2D eigenvalue weighted by Gasteiger charge is -2.33. The lowest BCUT2D eigenvalue weighted by atomic mass is 9.70. The molecule has 2 saturated carbocycles. The molecule has 5 rings (SSSR count). The second-order valence-corrected chi connectivity index (χ2v) is 12.7. The van der Waals surface area contributed by atoms with Gasteiger partial charge in [-0.1, -0.05) is 50.6 Å². The quantitative estimate of drug-likeness (QED) is 0.370. The van der Waals surface area contributed by atoms with Crippen LogP contribution in [0.1, 0.15) is 62.1 Å². The minimum atomic E-state index is -4.67. The standard InChI is InChI=1S/C16H16ClNO2S.C10H16O.H2O4S/c1-20-16(19)15(12-4-2-3-5-13(12)17)18-8-6-14-11(10-18)7-9-21-14;1-9(2)7-4-5-10(9,3)8(11)6-7;1-5(2,3)4/h2-5,7,9,15H,6,8,10H2,1H3;7H,4-6H2,1-3H3;(H2,1,2,3,4)/t15-;;/m0../s1. The maximum atomic E-state index is 12.3. The SMILES string of the molecule is CC12CCC(CC1=O)C2(C)C.COC(=O)[C@H](c1ccccc1Cl)N1CCc2sccc2C1.O=S(=O)(O)O. The summed E-state index contributed by atoms with van der Waals surface area (Å²) in [5.74, 6) is 0.931. The molecule has 1 aromatic carbocycles. The van der Waals surface area contributed by atoms with E-state index in [2.05, 4.69) is 37.1 Å². The van der Waals surface area contributed by atoms with Crippen molar-refractivity contribution in [1.29, 1.82) is 0 Å². The van der Waals surface area contributed by atoms with E-state index in [-0.39, 0.29) is 16.8 Å². The Morgan fingerprint density at radius 2 is 1.86 bits per heavy atom. The number of rotatable bonds is 3. The highest BCUT2D eigenvalue weighted by atomic mass is 35.5. The molecule has 2 bridgehead atoms. The van der Waals surface area contributed by atoms with Gasteiger partial charge in [-0.15, -0.1) is 11.3 Å². The molecule has 3 aliphatic rings. The Balaban J connectivity index is 0.000000197. The second-order valence-electron chi connectivity index (χ2n) is 10.4. The fourth-order valence-electron chi connectivity index (χ4n) is 5.67. The van der Waals surface area contributed by atoms with Gasteiger partial charge in [0.15, 0.2) is 0 Å². The topological polar surface area (TPSA) is 121 Å². The number of carbonyl (C=O) groups excluding carboxylic acids is 2. The molecule has 2 aromatic rings. The van der Waals surface area contributed by atoms with Gasteiger partial charge in [-0.25, -0.2) is 4.79 Å². The van der Waals surface area contributed by atoms with Crippen molar-refractivity contribution in [1.82, 2.24) is 4.90 Å². The zero-order valence-electron chi connectivity index (χ0n) is 21.4. The van der Waals surface area contributed by atoms with Crippen molar-refractivity contribution in [3.05, 3.63) is 56.7 Å². The van der Waals surface area contributed by atoms with E-state index >= 15 is 0 Å². The molecule has 2 N–H and O–H groups in total. The average Bonchev–Trinajstić information content (AvgIpc) is 3.42. The van der Waals surface area contributed by atoms with E-state index in [1.165, 1.54) is 24.0 Å². The molecule has 2 aliphatic carbocycles. The molecule has 3 atom stereocenters. The molecule has 1 aliphatic heterocycles. The number of nitrogens with zero attached hydrogens (tertiary/aromatic N) is 1. The van der Waals surface area contributed by atoms with Gasteiger partial charge in [-0.2, -0.15) is 8.42 Å². The van der Waals surface area contributed by atoms with E-state index in [0.717, 1.165) is 37.9 Å². The zero-order valence-corrected chi connectivity index (χ0v) is 23.8. The summed E-state index contributed by atoms with van der Waals surface area (Å²) in [6.45, 7) is 8.26. The number of Topliss-reactive ketones (excluding diaryl/α,β-unsaturated/α-hetero) is 1. The predicted molar refractivity (Wildman–Crippen MR) is 143 cm³/mol. The van der Waals surface area contributed by atoms with Gasteiger partial charge in [0.2, 0.25) is 0 Å². The number of esters is 1. The van der Waals surface area contributed by atoms with Gasteiger partial charge in [-0.05, 0) is 59.2 Å². The summed E-state index contributed by atoms with van der Waals surface area (Å²) in [5, 5.41) is 2.71. The fraction of sp³-hybridized carbons (Fsp3) is 0.538. The third-order valence-electron chi connectivity index (χ3n) is 8.31. The Morgan fingerprint density at radius 1 is 1.22 bits per heavy atom. The second kappa shape index (κ2) is 11.5. The van der Waals surface area contributed by atoms with Crippen LogP contribution in [0.3, 0.4) is 0 Å². The highest BCUT2D eigenvalue weighted by Crippen LogP contribution is 2.63. The summed E-state index contributed by atoms with van der Waals surface area (Å²) in [6.07, 6.45) is 4.22. The maximum absolute atomic E-state index is 12.3. The largest absolute Gasteiger partial charge is 0.468 e. The van der Waals surface area contributed by atoms with Crippen LogP contribution in [0.15, 0.2) is 35.7 Å². The summed E-state index contributed by atoms with van der Waals surface area (Å²) < 4.78 is 36.6. The number of thiophene rings is 1. The van der Waals surface area contributed by atoms with Gasteiger partial charge in [0.05, 0.1) is 7.11 Å². The van der Waals surface area contributed by atoms with E-state index in [1.54, 1.807) is 11.3 Å². The first-order chi connectivity index (χ1) is 17.2. The summed E-state index contributed by atoms with van der Waals surface area (Å²) in [4.78, 5) is 27.4. The zero-order chi connectivity index (χ0) is 27.6. The molecule has 8 nitrogen and oxygen atoms in total. The van der Waals surface area contributed by atoms with Gasteiger partial charge in [0.25, 0.3) is 0 Å². The van der Waals surface area contributed by atoms with Crippen LogP contribution < -0.4 is 0 Å². The summed E-state index contributed by atoms with van der Waals surface area (Å²) >= 11 is 8.07. The van der Waals surface area contributed by atoms with Crippen LogP contribution in [-0.2, 0) is 37.7 Å². The number of methoxy groups -OCH3 is 1. The number of ketones is 1. The van der Waals surface area contributed by atoms with Crippen LogP contribution in [0.5, 0.6) is 0 Å². The van der Waals surface area contributed by atoms with E-state index in [4.69, 9.17) is 33.9 Å². The van der Waals surface area contributed by atoms with E-state index < -0.39 is 16.4 Å². The van der Waals surface area contributed by atoms with Crippen LogP contribution in [0.25, 0.3) is 0 Å². The Labute approximate surface area is 227 Å². The Kier molecular flexibility index (Phi) is 9.25. The summed E-state index contributed by atoms with van der Waals surface area (Å²) in [6, 6.07) is 9.16. The van der Waals surface area contributed by atoms with Crippen LogP contribution in [-0.4, -0.2) is 47.8 Å². The van der Waals surface area contributed by atoms with Crippen LogP contribution >= 0.6 is 22.9 Å². The van der Waals surface area contributed by atoms with Crippen molar-refractivity contribution in [3.8, 4) is 0 Å². The minimum absolute atomic E-state index is 0.0255. The van der Waals surface area contributed by atoms with Crippen molar-refractivity contribution in [2.24, 2.45) is 16.7 Å². The van der Waals surface area contributed by atoms with Crippen molar-refractivity contribution in [2.75, 3.05) is 13.7 Å². The Morgan fingerprint density at radius 3 is 2.35 bits per heavy atom. The van der Waals surface area contributed by atoms with Gasteiger partial charge in [-0.3, -0.25) is 18.8 Å². The van der Waals surface area contributed by atoms with Crippen molar-refractivity contribution in [3.63, 3.8) is 0 Å². The maximum Gasteiger partial charge on any atom is 0.394 e. The van der Waals surface area contributed by atoms with Crippen molar-refractivity contribution >= 4 is 45.1 Å². The third kappa shape index (κ3) is 6.61. The number of fused-ring (bicyclic) bond motifs is 3. The lowest BCUT2D eigenvalue weighted by Crippen LogP contribution is -2.38. The van der Waals surface area contributed by atoms with Gasteiger partial charge in [0, 0.05) is 34.8 Å². The molecule has 1 aromatic heterocycles. The Hall–Kier alpha value is -1.82. The first kappa shape index (κ1) is 29.7. The first-order valence-electron chi connectivity index (χ1n) is 12.0. The van der Waals surface area contributed by atoms with Gasteiger partial charge in [0.1, 0.15) is 11.8 Å². The van der Waals surface area contributed by atoms with Crippen molar-refractivity contribution < 1.29 is 31.8 Å². The van der Waals surface area contributed by atoms with E-state index in [9.17, 15) is 9.59 Å². The first-order valence-corrected chi connectivity index (χ1v) is 14.7. The highest BCUT2D eigenvalue weighted by molar-refractivity contribution is 7.79. The molecule has 0 amide bonds. The molecule has 204 valence electrons. The van der Waals surface area contributed by atoms with Crippen molar-refractivity contribution in [2.45, 2.75) is 59.0 Å². The van der Waals surface area contributed by atoms with E-state index in [0.29, 0.717) is 16.7 Å². The molecule has 0 radical (unpaired) electrons. The number of ether oxygens (including phenoxy) is 1.